The maximum atomic E-state index is 13.4. The lowest BCUT2D eigenvalue weighted by atomic mass is 10.0. The molecule has 0 spiro atoms. The summed E-state index contributed by atoms with van der Waals surface area (Å²) in [5, 5.41) is 8.64. The largest absolute Gasteiger partial charge is 0.285 e. The number of benzene rings is 3. The fourth-order valence-corrected chi connectivity index (χ4v) is 3.68. The Labute approximate surface area is 189 Å². The summed E-state index contributed by atoms with van der Waals surface area (Å²) in [5.41, 5.74) is 7.55. The third kappa shape index (κ3) is 4.88. The van der Waals surface area contributed by atoms with Crippen molar-refractivity contribution in [3.63, 3.8) is 0 Å². The lowest BCUT2D eigenvalue weighted by molar-refractivity contribution is 0.102. The average Bonchev–Trinajstić information content (AvgIpc) is 2.83. The first-order chi connectivity index (χ1) is 15.4. The lowest BCUT2D eigenvalue weighted by Crippen LogP contribution is -2.16. The third-order valence-corrected chi connectivity index (χ3v) is 5.60. The molecule has 0 unspecified atom stereocenters. The van der Waals surface area contributed by atoms with E-state index in [-0.39, 0.29) is 11.6 Å². The molecule has 0 aliphatic carbocycles. The zero-order valence-corrected chi connectivity index (χ0v) is 19.3. The Morgan fingerprint density at radius 3 is 1.91 bits per heavy atom. The van der Waals surface area contributed by atoms with Crippen LogP contribution in [0, 0.1) is 11.5 Å². The minimum atomic E-state index is -1.59. The van der Waals surface area contributed by atoms with E-state index in [2.05, 4.69) is 46.3 Å². The summed E-state index contributed by atoms with van der Waals surface area (Å²) in [6, 6.07) is 26.8. The van der Waals surface area contributed by atoms with Crippen molar-refractivity contribution in [3.05, 3.63) is 102 Å². The highest BCUT2D eigenvalue weighted by Gasteiger charge is 2.20. The van der Waals surface area contributed by atoms with Crippen LogP contribution in [0.4, 0.5) is 0 Å². The van der Waals surface area contributed by atoms with E-state index in [1.807, 2.05) is 78.9 Å². The van der Waals surface area contributed by atoms with Gasteiger partial charge in [-0.2, -0.15) is 0 Å². The van der Waals surface area contributed by atoms with Crippen molar-refractivity contribution >= 4 is 13.9 Å². The Bertz CT molecular complexity index is 1320. The van der Waals surface area contributed by atoms with Gasteiger partial charge < -0.3 is 0 Å². The van der Waals surface area contributed by atoms with E-state index in [9.17, 15) is 4.79 Å². The van der Waals surface area contributed by atoms with Crippen LogP contribution in [-0.4, -0.2) is 29.0 Å². The number of hydrogen-bond donors (Lipinski definition) is 0. The second-order valence-corrected chi connectivity index (χ2v) is 13.2. The number of carbonyl (C=O) groups is 1. The zero-order chi connectivity index (χ0) is 22.6. The third-order valence-electron chi connectivity index (χ3n) is 4.73. The fraction of sp³-hybridized carbons (Fsp3) is 0.111. The van der Waals surface area contributed by atoms with Crippen LogP contribution in [0.1, 0.15) is 21.7 Å². The van der Waals surface area contributed by atoms with Gasteiger partial charge in [-0.25, -0.2) is 4.98 Å². The summed E-state index contributed by atoms with van der Waals surface area (Å²) >= 11 is 0. The van der Waals surface area contributed by atoms with Crippen molar-refractivity contribution in [3.8, 4) is 34.0 Å². The van der Waals surface area contributed by atoms with E-state index in [4.69, 9.17) is 0 Å². The van der Waals surface area contributed by atoms with Crippen molar-refractivity contribution in [2.45, 2.75) is 19.6 Å². The lowest BCUT2D eigenvalue weighted by Gasteiger charge is -2.10. The Hall–Kier alpha value is -3.88. The van der Waals surface area contributed by atoms with Gasteiger partial charge in [0, 0.05) is 22.3 Å². The van der Waals surface area contributed by atoms with Crippen LogP contribution < -0.4 is 0 Å². The molecule has 3 aromatic carbocycles. The van der Waals surface area contributed by atoms with Crippen LogP contribution in [0.5, 0.6) is 0 Å². The van der Waals surface area contributed by atoms with Crippen LogP contribution in [0.3, 0.4) is 0 Å². The van der Waals surface area contributed by atoms with Crippen molar-refractivity contribution in [2.24, 2.45) is 0 Å². The highest BCUT2D eigenvalue weighted by molar-refractivity contribution is 6.83. The van der Waals surface area contributed by atoms with Crippen molar-refractivity contribution in [1.82, 2.24) is 15.2 Å². The molecule has 0 aliphatic rings. The molecule has 4 aromatic rings. The quantitative estimate of drug-likeness (QED) is 0.237. The molecule has 156 valence electrons. The van der Waals surface area contributed by atoms with Crippen LogP contribution in [0.15, 0.2) is 84.9 Å². The van der Waals surface area contributed by atoms with Crippen molar-refractivity contribution in [1.29, 1.82) is 0 Å². The number of ketones is 1. The number of carbonyl (C=O) groups excluding carboxylic acids is 1. The maximum Gasteiger partial charge on any atom is 0.233 e. The van der Waals surface area contributed by atoms with Gasteiger partial charge in [0.15, 0.2) is 0 Å². The maximum absolute atomic E-state index is 13.4. The monoisotopic (exact) mass is 433 g/mol. The first kappa shape index (κ1) is 21.4. The molecule has 0 atom stereocenters. The van der Waals surface area contributed by atoms with E-state index < -0.39 is 8.07 Å². The van der Waals surface area contributed by atoms with E-state index >= 15 is 0 Å². The summed E-state index contributed by atoms with van der Waals surface area (Å²) in [6.07, 6.45) is 0. The van der Waals surface area contributed by atoms with Crippen LogP contribution in [-0.2, 0) is 0 Å². The first-order valence-electron chi connectivity index (χ1n) is 10.4. The van der Waals surface area contributed by atoms with E-state index in [1.165, 1.54) is 0 Å². The van der Waals surface area contributed by atoms with Gasteiger partial charge in [-0.05, 0) is 12.1 Å². The van der Waals surface area contributed by atoms with Gasteiger partial charge in [0.2, 0.25) is 11.6 Å². The standard InChI is InChI=1S/C27H23N3OSi/c1-32(2,3)19-18-20-12-10-11-17-23(20)26(31)27-28-24(21-13-6-4-7-14-21)25(29-30-27)22-15-8-5-9-16-22/h4-17H,1-3H3. The molecule has 0 amide bonds. The fourth-order valence-electron chi connectivity index (χ4n) is 3.18. The SMILES string of the molecule is C[Si](C)(C)C#Cc1ccccc1C(=O)c1nnc(-c2ccccc2)c(-c2ccccc2)n1. The van der Waals surface area contributed by atoms with Gasteiger partial charge in [-0.1, -0.05) is 98.4 Å². The zero-order valence-electron chi connectivity index (χ0n) is 18.3. The van der Waals surface area contributed by atoms with Gasteiger partial charge >= 0.3 is 0 Å². The van der Waals surface area contributed by atoms with Crippen LogP contribution in [0.25, 0.3) is 22.5 Å². The number of hydrogen-bond acceptors (Lipinski definition) is 4. The molecule has 1 aromatic heterocycles. The van der Waals surface area contributed by atoms with Gasteiger partial charge in [0.1, 0.15) is 19.5 Å². The molecule has 0 N–H and O–H groups in total. The predicted octanol–water partition coefficient (Wildman–Crippen LogP) is 5.67. The minimum absolute atomic E-state index is 0.0609. The van der Waals surface area contributed by atoms with E-state index in [0.29, 0.717) is 22.5 Å². The molecule has 5 heteroatoms. The smallest absolute Gasteiger partial charge is 0.233 e. The molecule has 0 saturated carbocycles. The molecule has 0 radical (unpaired) electrons. The van der Waals surface area contributed by atoms with Gasteiger partial charge in [0.05, 0.1) is 0 Å². The average molecular weight is 434 g/mol. The topological polar surface area (TPSA) is 55.7 Å². The molecule has 0 fully saturated rings. The Kier molecular flexibility index (Phi) is 6.06. The number of nitrogens with zero attached hydrogens (tertiary/aromatic N) is 3. The van der Waals surface area contributed by atoms with Crippen LogP contribution >= 0.6 is 0 Å². The highest BCUT2D eigenvalue weighted by Crippen LogP contribution is 2.28. The summed E-state index contributed by atoms with van der Waals surface area (Å²) in [4.78, 5) is 18.1. The second kappa shape index (κ2) is 9.09. The normalized spacial score (nSPS) is 10.8. The Morgan fingerprint density at radius 2 is 1.28 bits per heavy atom. The summed E-state index contributed by atoms with van der Waals surface area (Å²) in [7, 11) is -1.59. The molecular weight excluding hydrogens is 410 g/mol. The van der Waals surface area contributed by atoms with Gasteiger partial charge in [0.25, 0.3) is 0 Å². The molecule has 0 saturated heterocycles. The van der Waals surface area contributed by atoms with Gasteiger partial charge in [-0.15, -0.1) is 15.7 Å². The van der Waals surface area contributed by atoms with Gasteiger partial charge in [-0.3, -0.25) is 4.79 Å². The number of aromatic nitrogens is 3. The summed E-state index contributed by atoms with van der Waals surface area (Å²) in [5.74, 6) is 2.98. The second-order valence-electron chi connectivity index (χ2n) is 8.44. The number of rotatable bonds is 4. The Morgan fingerprint density at radius 1 is 0.719 bits per heavy atom. The Balaban J connectivity index is 1.83. The van der Waals surface area contributed by atoms with Crippen LogP contribution in [0.2, 0.25) is 19.6 Å². The first-order valence-corrected chi connectivity index (χ1v) is 13.9. The van der Waals surface area contributed by atoms with E-state index in [0.717, 1.165) is 11.1 Å². The van der Waals surface area contributed by atoms with E-state index in [1.54, 1.807) is 6.07 Å². The molecular formula is C27H23N3OSi. The van der Waals surface area contributed by atoms with Crippen molar-refractivity contribution < 1.29 is 4.79 Å². The highest BCUT2D eigenvalue weighted by atomic mass is 28.3. The molecule has 0 bridgehead atoms. The molecule has 4 rings (SSSR count). The summed E-state index contributed by atoms with van der Waals surface area (Å²) in [6.45, 7) is 6.52. The molecule has 1 heterocycles. The molecule has 4 nitrogen and oxygen atoms in total. The van der Waals surface area contributed by atoms with Crippen molar-refractivity contribution in [2.75, 3.05) is 0 Å². The minimum Gasteiger partial charge on any atom is -0.285 e. The molecule has 0 aliphatic heterocycles. The predicted molar refractivity (Wildman–Crippen MR) is 131 cm³/mol. The molecule has 32 heavy (non-hydrogen) atoms. The summed E-state index contributed by atoms with van der Waals surface area (Å²) < 4.78 is 0.